The van der Waals surface area contributed by atoms with E-state index in [1.54, 1.807) is 62.4 Å². The molecule has 0 aromatic heterocycles. The Morgan fingerprint density at radius 2 is 1.58 bits per heavy atom. The van der Waals surface area contributed by atoms with Crippen molar-refractivity contribution in [3.63, 3.8) is 0 Å². The van der Waals surface area contributed by atoms with Gasteiger partial charge in [0.25, 0.3) is 5.91 Å². The molecule has 0 saturated carbocycles. The molecule has 0 heterocycles. The van der Waals surface area contributed by atoms with Crippen molar-refractivity contribution in [2.24, 2.45) is 5.92 Å². The Kier molecular flexibility index (Phi) is 6.27. The van der Waals surface area contributed by atoms with Crippen LogP contribution in [0.2, 0.25) is 5.02 Å². The molecule has 0 saturated heterocycles. The summed E-state index contributed by atoms with van der Waals surface area (Å²) in [5.74, 6) is 0.0344. The molecule has 0 aliphatic heterocycles. The average Bonchev–Trinajstić information content (AvgIpc) is 2.57. The lowest BCUT2D eigenvalue weighted by molar-refractivity contribution is -0.128. The quantitative estimate of drug-likeness (QED) is 0.768. The first-order valence-corrected chi connectivity index (χ1v) is 8.72. The Bertz CT molecular complexity index is 786. The van der Waals surface area contributed by atoms with E-state index in [0.29, 0.717) is 22.1 Å². The molecule has 2 aromatic rings. The molecule has 0 spiro atoms. The lowest BCUT2D eigenvalue weighted by atomic mass is 10.1. The minimum Gasteiger partial charge on any atom is -0.478 e. The second kappa shape index (κ2) is 8.23. The standard InChI is InChI=1S/C20H23ClN2O3/c1-13(2)18(24)22-15-6-5-7-16(12-15)23-19(25)20(3,4)26-17-10-8-14(21)9-11-17/h5-13H,1-4H3,(H,22,24)(H,23,25). The lowest BCUT2D eigenvalue weighted by Crippen LogP contribution is -2.42. The summed E-state index contributed by atoms with van der Waals surface area (Å²) in [7, 11) is 0. The first-order valence-electron chi connectivity index (χ1n) is 8.34. The number of ether oxygens (including phenoxy) is 1. The molecule has 0 fully saturated rings. The zero-order valence-electron chi connectivity index (χ0n) is 15.3. The number of rotatable bonds is 6. The van der Waals surface area contributed by atoms with Gasteiger partial charge in [0.05, 0.1) is 0 Å². The van der Waals surface area contributed by atoms with E-state index >= 15 is 0 Å². The number of anilines is 2. The monoisotopic (exact) mass is 374 g/mol. The summed E-state index contributed by atoms with van der Waals surface area (Å²) in [6.07, 6.45) is 0. The van der Waals surface area contributed by atoms with Gasteiger partial charge in [0.15, 0.2) is 5.60 Å². The highest BCUT2D eigenvalue weighted by Gasteiger charge is 2.30. The van der Waals surface area contributed by atoms with Crippen molar-refractivity contribution >= 4 is 34.8 Å². The van der Waals surface area contributed by atoms with Crippen molar-refractivity contribution in [1.82, 2.24) is 0 Å². The van der Waals surface area contributed by atoms with Crippen molar-refractivity contribution < 1.29 is 14.3 Å². The Balaban J connectivity index is 2.05. The second-order valence-corrected chi connectivity index (χ2v) is 7.18. The Hall–Kier alpha value is -2.53. The number of carbonyl (C=O) groups is 2. The number of amides is 2. The molecule has 2 amide bonds. The molecule has 0 atom stereocenters. The fraction of sp³-hybridized carbons (Fsp3) is 0.300. The van der Waals surface area contributed by atoms with Crippen LogP contribution in [0.25, 0.3) is 0 Å². The van der Waals surface area contributed by atoms with Crippen molar-refractivity contribution in [2.75, 3.05) is 10.6 Å². The number of hydrogen-bond acceptors (Lipinski definition) is 3. The van der Waals surface area contributed by atoms with Gasteiger partial charge in [0.2, 0.25) is 5.91 Å². The summed E-state index contributed by atoms with van der Waals surface area (Å²) < 4.78 is 5.78. The molecule has 2 aromatic carbocycles. The van der Waals surface area contributed by atoms with E-state index in [4.69, 9.17) is 16.3 Å². The third-order valence-electron chi connectivity index (χ3n) is 3.65. The van der Waals surface area contributed by atoms with Crippen molar-refractivity contribution in [2.45, 2.75) is 33.3 Å². The number of carbonyl (C=O) groups excluding carboxylic acids is 2. The molecule has 0 bridgehead atoms. The zero-order valence-corrected chi connectivity index (χ0v) is 16.1. The van der Waals surface area contributed by atoms with E-state index in [2.05, 4.69) is 10.6 Å². The minimum atomic E-state index is -1.09. The van der Waals surface area contributed by atoms with Gasteiger partial charge in [-0.3, -0.25) is 9.59 Å². The fourth-order valence-corrected chi connectivity index (χ4v) is 2.21. The Morgan fingerprint density at radius 3 is 2.15 bits per heavy atom. The summed E-state index contributed by atoms with van der Waals surface area (Å²) in [6, 6.07) is 13.8. The van der Waals surface area contributed by atoms with Crippen LogP contribution < -0.4 is 15.4 Å². The highest BCUT2D eigenvalue weighted by molar-refractivity contribution is 6.30. The summed E-state index contributed by atoms with van der Waals surface area (Å²) >= 11 is 5.86. The van der Waals surface area contributed by atoms with Crippen LogP contribution in [0.5, 0.6) is 5.75 Å². The van der Waals surface area contributed by atoms with Gasteiger partial charge in [-0.25, -0.2) is 0 Å². The van der Waals surface area contributed by atoms with Crippen molar-refractivity contribution in [3.05, 3.63) is 53.6 Å². The van der Waals surface area contributed by atoms with Gasteiger partial charge in [-0.15, -0.1) is 0 Å². The first-order chi connectivity index (χ1) is 12.2. The molecule has 2 rings (SSSR count). The third-order valence-corrected chi connectivity index (χ3v) is 3.90. The van der Waals surface area contributed by atoms with Crippen molar-refractivity contribution in [1.29, 1.82) is 0 Å². The summed E-state index contributed by atoms with van der Waals surface area (Å²) in [6.45, 7) is 7.00. The number of hydrogen-bond donors (Lipinski definition) is 2. The zero-order chi connectivity index (χ0) is 19.3. The summed E-state index contributed by atoms with van der Waals surface area (Å²) in [4.78, 5) is 24.4. The average molecular weight is 375 g/mol. The predicted octanol–water partition coefficient (Wildman–Crippen LogP) is 4.73. The van der Waals surface area contributed by atoms with Gasteiger partial charge in [0.1, 0.15) is 5.75 Å². The SMILES string of the molecule is CC(C)C(=O)Nc1cccc(NC(=O)C(C)(C)Oc2ccc(Cl)cc2)c1. The van der Waals surface area contributed by atoms with Crippen LogP contribution in [0.1, 0.15) is 27.7 Å². The molecule has 5 nitrogen and oxygen atoms in total. The maximum absolute atomic E-state index is 12.6. The maximum Gasteiger partial charge on any atom is 0.267 e. The largest absolute Gasteiger partial charge is 0.478 e. The summed E-state index contributed by atoms with van der Waals surface area (Å²) in [5, 5.41) is 6.22. The third kappa shape index (κ3) is 5.49. The minimum absolute atomic E-state index is 0.0834. The number of benzene rings is 2. The highest BCUT2D eigenvalue weighted by atomic mass is 35.5. The van der Waals surface area contributed by atoms with E-state index in [1.807, 2.05) is 13.8 Å². The van der Waals surface area contributed by atoms with Gasteiger partial charge in [-0.1, -0.05) is 31.5 Å². The molecule has 0 aliphatic carbocycles. The summed E-state index contributed by atoms with van der Waals surface area (Å²) in [5.41, 5.74) is 0.104. The number of halogens is 1. The molecular weight excluding hydrogens is 352 g/mol. The Labute approximate surface area is 158 Å². The lowest BCUT2D eigenvalue weighted by Gasteiger charge is -2.25. The van der Waals surface area contributed by atoms with E-state index in [9.17, 15) is 9.59 Å². The predicted molar refractivity (Wildman–Crippen MR) is 105 cm³/mol. The molecule has 6 heteroatoms. The molecular formula is C20H23ClN2O3. The van der Waals surface area contributed by atoms with Gasteiger partial charge >= 0.3 is 0 Å². The van der Waals surface area contributed by atoms with Crippen LogP contribution >= 0.6 is 11.6 Å². The van der Waals surface area contributed by atoms with Crippen LogP contribution in [0.3, 0.4) is 0 Å². The normalized spacial score (nSPS) is 11.2. The van der Waals surface area contributed by atoms with E-state index in [-0.39, 0.29) is 17.7 Å². The smallest absolute Gasteiger partial charge is 0.267 e. The molecule has 0 radical (unpaired) electrons. The highest BCUT2D eigenvalue weighted by Crippen LogP contribution is 2.23. The van der Waals surface area contributed by atoms with Gasteiger partial charge in [-0.2, -0.15) is 0 Å². The van der Waals surface area contributed by atoms with Crippen molar-refractivity contribution in [3.8, 4) is 5.75 Å². The molecule has 2 N–H and O–H groups in total. The second-order valence-electron chi connectivity index (χ2n) is 6.75. The number of nitrogens with one attached hydrogen (secondary N) is 2. The van der Waals surface area contributed by atoms with Crippen LogP contribution in [-0.2, 0) is 9.59 Å². The van der Waals surface area contributed by atoms with E-state index in [0.717, 1.165) is 0 Å². The van der Waals surface area contributed by atoms with Crippen LogP contribution in [-0.4, -0.2) is 17.4 Å². The maximum atomic E-state index is 12.6. The molecule has 0 unspecified atom stereocenters. The van der Waals surface area contributed by atoms with Gasteiger partial charge in [-0.05, 0) is 56.3 Å². The van der Waals surface area contributed by atoms with Crippen LogP contribution in [0.15, 0.2) is 48.5 Å². The molecule has 0 aliphatic rings. The first kappa shape index (κ1) is 19.8. The fourth-order valence-electron chi connectivity index (χ4n) is 2.09. The van der Waals surface area contributed by atoms with E-state index in [1.165, 1.54) is 0 Å². The molecule has 138 valence electrons. The van der Waals surface area contributed by atoms with Gasteiger partial charge < -0.3 is 15.4 Å². The topological polar surface area (TPSA) is 67.4 Å². The van der Waals surface area contributed by atoms with Gasteiger partial charge in [0, 0.05) is 22.3 Å². The van der Waals surface area contributed by atoms with Crippen LogP contribution in [0.4, 0.5) is 11.4 Å². The Morgan fingerprint density at radius 1 is 1.00 bits per heavy atom. The van der Waals surface area contributed by atoms with Crippen LogP contribution in [0, 0.1) is 5.92 Å². The molecule has 26 heavy (non-hydrogen) atoms. The van der Waals surface area contributed by atoms with E-state index < -0.39 is 5.60 Å².